The van der Waals surface area contributed by atoms with Crippen LogP contribution < -0.4 is 15.6 Å². The lowest BCUT2D eigenvalue weighted by atomic mass is 10.3. The Morgan fingerprint density at radius 1 is 0.882 bits per heavy atom. The van der Waals surface area contributed by atoms with Gasteiger partial charge in [0, 0.05) is 0 Å². The van der Waals surface area contributed by atoms with Gasteiger partial charge in [0.15, 0.2) is 0 Å². The zero-order valence-corrected chi connectivity index (χ0v) is 9.09. The molecule has 4 heteroatoms. The number of anilines is 1. The van der Waals surface area contributed by atoms with E-state index < -0.39 is 0 Å². The van der Waals surface area contributed by atoms with Crippen LogP contribution in [0.3, 0.4) is 0 Å². The molecule has 0 saturated heterocycles. The highest BCUT2D eigenvalue weighted by Gasteiger charge is 1.96. The standard InChI is InChI=1S/C13H12N2O2/c16-10-14-15-11-6-8-13(9-7-11)17-12-4-2-1-3-5-12/h1-10,15H,(H,14,16). The van der Waals surface area contributed by atoms with Crippen LogP contribution in [0.1, 0.15) is 0 Å². The highest BCUT2D eigenvalue weighted by molar-refractivity contribution is 5.53. The molecule has 86 valence electrons. The van der Waals surface area contributed by atoms with Crippen molar-refractivity contribution < 1.29 is 9.53 Å². The van der Waals surface area contributed by atoms with Gasteiger partial charge in [-0.3, -0.25) is 15.6 Å². The first-order chi connectivity index (χ1) is 8.38. The van der Waals surface area contributed by atoms with Crippen LogP contribution in [0.15, 0.2) is 54.6 Å². The van der Waals surface area contributed by atoms with Crippen LogP contribution in [0, 0.1) is 0 Å². The summed E-state index contributed by atoms with van der Waals surface area (Å²) in [6.45, 7) is 0. The molecule has 0 saturated carbocycles. The van der Waals surface area contributed by atoms with E-state index >= 15 is 0 Å². The van der Waals surface area contributed by atoms with Gasteiger partial charge >= 0.3 is 0 Å². The zero-order chi connectivity index (χ0) is 11.9. The van der Waals surface area contributed by atoms with Gasteiger partial charge in [-0.25, -0.2) is 0 Å². The van der Waals surface area contributed by atoms with Crippen molar-refractivity contribution in [2.45, 2.75) is 0 Å². The summed E-state index contributed by atoms with van der Waals surface area (Å²) in [6.07, 6.45) is 0.578. The van der Waals surface area contributed by atoms with E-state index in [1.54, 1.807) is 0 Å². The summed E-state index contributed by atoms with van der Waals surface area (Å²) >= 11 is 0. The van der Waals surface area contributed by atoms with Crippen LogP contribution in [0.5, 0.6) is 11.5 Å². The number of hydrazine groups is 1. The second-order valence-corrected chi connectivity index (χ2v) is 3.33. The van der Waals surface area contributed by atoms with Crippen LogP contribution in [0.2, 0.25) is 0 Å². The van der Waals surface area contributed by atoms with Crippen molar-refractivity contribution in [3.63, 3.8) is 0 Å². The highest BCUT2D eigenvalue weighted by atomic mass is 16.5. The third-order valence-electron chi connectivity index (χ3n) is 2.11. The van der Waals surface area contributed by atoms with E-state index in [0.717, 1.165) is 17.2 Å². The molecule has 4 nitrogen and oxygen atoms in total. The maximum atomic E-state index is 10.1. The fourth-order valence-corrected chi connectivity index (χ4v) is 1.34. The van der Waals surface area contributed by atoms with Crippen LogP contribution in [0.25, 0.3) is 0 Å². The summed E-state index contributed by atoms with van der Waals surface area (Å²) in [7, 11) is 0. The number of benzene rings is 2. The third kappa shape index (κ3) is 3.24. The van der Waals surface area contributed by atoms with Gasteiger partial charge in [-0.05, 0) is 36.4 Å². The molecule has 0 radical (unpaired) electrons. The van der Waals surface area contributed by atoms with Crippen LogP contribution in [-0.2, 0) is 4.79 Å². The Morgan fingerprint density at radius 2 is 1.53 bits per heavy atom. The zero-order valence-electron chi connectivity index (χ0n) is 9.09. The Morgan fingerprint density at radius 3 is 2.18 bits per heavy atom. The molecule has 2 rings (SSSR count). The molecule has 0 aliphatic heterocycles. The smallest absolute Gasteiger partial charge is 0.225 e. The molecular weight excluding hydrogens is 216 g/mol. The molecular formula is C13H12N2O2. The Bertz CT molecular complexity index is 469. The molecule has 0 fully saturated rings. The number of amides is 1. The van der Waals surface area contributed by atoms with Crippen molar-refractivity contribution >= 4 is 12.1 Å². The van der Waals surface area contributed by atoms with Gasteiger partial charge in [-0.15, -0.1) is 0 Å². The average molecular weight is 228 g/mol. The highest BCUT2D eigenvalue weighted by Crippen LogP contribution is 2.22. The number of hydrogen-bond acceptors (Lipinski definition) is 3. The van der Waals surface area contributed by atoms with Crippen LogP contribution in [0.4, 0.5) is 5.69 Å². The molecule has 0 heterocycles. The summed E-state index contributed by atoms with van der Waals surface area (Å²) in [5.41, 5.74) is 5.86. The fraction of sp³-hybridized carbons (Fsp3) is 0. The van der Waals surface area contributed by atoms with E-state index in [4.69, 9.17) is 4.74 Å². The van der Waals surface area contributed by atoms with E-state index in [1.807, 2.05) is 54.6 Å². The minimum Gasteiger partial charge on any atom is -0.457 e. The number of carbonyl (C=O) groups is 1. The maximum Gasteiger partial charge on any atom is 0.225 e. The van der Waals surface area contributed by atoms with Gasteiger partial charge < -0.3 is 4.74 Å². The third-order valence-corrected chi connectivity index (χ3v) is 2.11. The lowest BCUT2D eigenvalue weighted by Gasteiger charge is -2.07. The minimum absolute atomic E-state index is 0.578. The van der Waals surface area contributed by atoms with Gasteiger partial charge in [-0.1, -0.05) is 18.2 Å². The van der Waals surface area contributed by atoms with Crippen LogP contribution >= 0.6 is 0 Å². The van der Waals surface area contributed by atoms with Gasteiger partial charge in [0.2, 0.25) is 6.41 Å². The molecule has 2 N–H and O–H groups in total. The Kier molecular flexibility index (Phi) is 3.60. The predicted octanol–water partition coefficient (Wildman–Crippen LogP) is 2.55. The van der Waals surface area contributed by atoms with Crippen molar-refractivity contribution in [1.29, 1.82) is 0 Å². The van der Waals surface area contributed by atoms with E-state index in [9.17, 15) is 4.79 Å². The Balaban J connectivity index is 2.01. The van der Waals surface area contributed by atoms with Gasteiger partial charge in [0.25, 0.3) is 0 Å². The molecule has 0 aliphatic carbocycles. The Labute approximate surface area is 99.2 Å². The first-order valence-corrected chi connectivity index (χ1v) is 5.16. The second kappa shape index (κ2) is 5.55. The Hall–Kier alpha value is -2.49. The topological polar surface area (TPSA) is 50.4 Å². The molecule has 17 heavy (non-hydrogen) atoms. The fourth-order valence-electron chi connectivity index (χ4n) is 1.34. The SMILES string of the molecule is O=CNNc1ccc(Oc2ccccc2)cc1. The van der Waals surface area contributed by atoms with E-state index in [2.05, 4.69) is 10.9 Å². The molecule has 0 bridgehead atoms. The normalized spacial score (nSPS) is 9.41. The summed E-state index contributed by atoms with van der Waals surface area (Å²) < 4.78 is 5.62. The van der Waals surface area contributed by atoms with E-state index in [0.29, 0.717) is 6.41 Å². The van der Waals surface area contributed by atoms with Gasteiger partial charge in [0.1, 0.15) is 11.5 Å². The second-order valence-electron chi connectivity index (χ2n) is 3.33. The molecule has 2 aromatic rings. The van der Waals surface area contributed by atoms with Crippen molar-refractivity contribution in [3.05, 3.63) is 54.6 Å². The number of para-hydroxylation sites is 1. The largest absolute Gasteiger partial charge is 0.457 e. The summed E-state index contributed by atoms with van der Waals surface area (Å²) in [4.78, 5) is 10.1. The van der Waals surface area contributed by atoms with Crippen LogP contribution in [-0.4, -0.2) is 6.41 Å². The number of hydrogen-bond donors (Lipinski definition) is 2. The molecule has 0 spiro atoms. The lowest BCUT2D eigenvalue weighted by Crippen LogP contribution is -2.18. The summed E-state index contributed by atoms with van der Waals surface area (Å²) in [5.74, 6) is 1.53. The molecule has 0 atom stereocenters. The van der Waals surface area contributed by atoms with Crippen molar-refractivity contribution in [3.8, 4) is 11.5 Å². The average Bonchev–Trinajstić information content (AvgIpc) is 2.39. The van der Waals surface area contributed by atoms with Crippen molar-refractivity contribution in [1.82, 2.24) is 5.43 Å². The van der Waals surface area contributed by atoms with Gasteiger partial charge in [-0.2, -0.15) is 0 Å². The van der Waals surface area contributed by atoms with Gasteiger partial charge in [0.05, 0.1) is 5.69 Å². The molecule has 0 aromatic heterocycles. The first-order valence-electron chi connectivity index (χ1n) is 5.16. The quantitative estimate of drug-likeness (QED) is 0.610. The summed E-state index contributed by atoms with van der Waals surface area (Å²) in [5, 5.41) is 0. The molecule has 1 amide bonds. The number of ether oxygens (including phenoxy) is 1. The summed E-state index contributed by atoms with van der Waals surface area (Å²) in [6, 6.07) is 16.8. The van der Waals surface area contributed by atoms with E-state index in [1.165, 1.54) is 0 Å². The predicted molar refractivity (Wildman–Crippen MR) is 65.8 cm³/mol. The van der Waals surface area contributed by atoms with Crippen molar-refractivity contribution in [2.24, 2.45) is 0 Å². The monoisotopic (exact) mass is 228 g/mol. The first kappa shape index (κ1) is 11.0. The van der Waals surface area contributed by atoms with Crippen molar-refractivity contribution in [2.75, 3.05) is 5.43 Å². The molecule has 2 aromatic carbocycles. The van der Waals surface area contributed by atoms with E-state index in [-0.39, 0.29) is 0 Å². The number of nitrogens with one attached hydrogen (secondary N) is 2. The molecule has 0 unspecified atom stereocenters. The number of carbonyl (C=O) groups excluding carboxylic acids is 1. The lowest BCUT2D eigenvalue weighted by molar-refractivity contribution is -0.109. The minimum atomic E-state index is 0.578. The number of rotatable bonds is 5. The maximum absolute atomic E-state index is 10.1. The molecule has 0 aliphatic rings.